The molecule has 6 rings (SSSR count). The number of rotatable bonds is 4. The van der Waals surface area contributed by atoms with Crippen LogP contribution in [0, 0.1) is 5.92 Å². The Morgan fingerprint density at radius 1 is 1.06 bits per heavy atom. The fraction of sp³-hybridized carbons (Fsp3) is 0.154. The number of aliphatic carboxylic acids is 1. The second kappa shape index (κ2) is 7.55. The maximum atomic E-state index is 13.4. The van der Waals surface area contributed by atoms with E-state index in [0.717, 1.165) is 22.2 Å². The highest BCUT2D eigenvalue weighted by atomic mass is 16.4. The van der Waals surface area contributed by atoms with Crippen LogP contribution < -0.4 is 11.3 Å². The number of benzene rings is 2. The summed E-state index contributed by atoms with van der Waals surface area (Å²) in [5.41, 5.74) is 9.27. The van der Waals surface area contributed by atoms with Crippen LogP contribution in [0.1, 0.15) is 18.9 Å². The Labute approximate surface area is 193 Å². The lowest BCUT2D eigenvalue weighted by Gasteiger charge is -2.33. The number of fused-ring (bicyclic) bond motifs is 2. The van der Waals surface area contributed by atoms with Gasteiger partial charge in [-0.2, -0.15) is 0 Å². The molecule has 34 heavy (non-hydrogen) atoms. The van der Waals surface area contributed by atoms with Gasteiger partial charge in [0.1, 0.15) is 17.8 Å². The van der Waals surface area contributed by atoms with Gasteiger partial charge in [0.25, 0.3) is 5.56 Å². The fourth-order valence-electron chi connectivity index (χ4n) is 4.82. The molecule has 0 saturated heterocycles. The summed E-state index contributed by atoms with van der Waals surface area (Å²) in [4.78, 5) is 33.3. The molecule has 3 N–H and O–H groups in total. The number of nitrogen functional groups attached to an aromatic ring is 1. The third-order valence-corrected chi connectivity index (χ3v) is 6.75. The standard InChI is InChI=1S/C26H21N5O3/c27-23-22-21(13-31(24(22)29-14-28-23)19-10-17(11-19)26(33)34)16-7-6-15-8-9-30(25(32)20(15)12-16)18-4-2-1-3-5-18/h1-9,12-14,17,19H,10-11H2,(H,33,34)(H2,27,28,29). The summed E-state index contributed by atoms with van der Waals surface area (Å²) in [6.45, 7) is 0. The number of nitrogens with two attached hydrogens (primary N) is 1. The van der Waals surface area contributed by atoms with E-state index in [1.54, 1.807) is 10.8 Å². The minimum atomic E-state index is -0.772. The van der Waals surface area contributed by atoms with Gasteiger partial charge < -0.3 is 15.4 Å². The molecule has 0 bridgehead atoms. The third kappa shape index (κ3) is 3.07. The molecule has 0 spiro atoms. The number of carboxylic acid groups (broad SMARTS) is 1. The Morgan fingerprint density at radius 2 is 1.85 bits per heavy atom. The first-order valence-electron chi connectivity index (χ1n) is 11.1. The van der Waals surface area contributed by atoms with Crippen molar-refractivity contribution in [3.8, 4) is 16.8 Å². The Morgan fingerprint density at radius 3 is 2.62 bits per heavy atom. The van der Waals surface area contributed by atoms with Crippen molar-refractivity contribution in [2.75, 3.05) is 5.73 Å². The average Bonchev–Trinajstić information content (AvgIpc) is 3.19. The average molecular weight is 451 g/mol. The molecular formula is C26H21N5O3. The van der Waals surface area contributed by atoms with E-state index in [1.165, 1.54) is 6.33 Å². The zero-order valence-electron chi connectivity index (χ0n) is 18.1. The minimum absolute atomic E-state index is 0.0300. The molecule has 0 aliphatic heterocycles. The molecule has 0 atom stereocenters. The van der Waals surface area contributed by atoms with Crippen molar-refractivity contribution in [3.05, 3.63) is 83.7 Å². The number of aromatic nitrogens is 4. The smallest absolute Gasteiger partial charge is 0.306 e. The summed E-state index contributed by atoms with van der Waals surface area (Å²) in [7, 11) is 0. The number of carbonyl (C=O) groups is 1. The Kier molecular flexibility index (Phi) is 4.48. The van der Waals surface area contributed by atoms with Crippen molar-refractivity contribution in [1.82, 2.24) is 19.1 Å². The van der Waals surface area contributed by atoms with Crippen LogP contribution in [0.15, 0.2) is 78.1 Å². The van der Waals surface area contributed by atoms with Crippen LogP contribution in [0.4, 0.5) is 5.82 Å². The van der Waals surface area contributed by atoms with E-state index in [0.29, 0.717) is 35.1 Å². The topological polar surface area (TPSA) is 116 Å². The number of nitrogens with zero attached hydrogens (tertiary/aromatic N) is 4. The fourth-order valence-corrected chi connectivity index (χ4v) is 4.82. The van der Waals surface area contributed by atoms with E-state index in [9.17, 15) is 14.7 Å². The van der Waals surface area contributed by atoms with Crippen molar-refractivity contribution in [2.24, 2.45) is 5.92 Å². The van der Waals surface area contributed by atoms with Gasteiger partial charge in [-0.15, -0.1) is 0 Å². The molecule has 8 heteroatoms. The van der Waals surface area contributed by atoms with Crippen molar-refractivity contribution in [1.29, 1.82) is 0 Å². The molecule has 2 aromatic carbocycles. The summed E-state index contributed by atoms with van der Waals surface area (Å²) in [5.74, 6) is -0.767. The zero-order valence-corrected chi connectivity index (χ0v) is 18.1. The Hall–Kier alpha value is -4.46. The molecule has 3 heterocycles. The first-order valence-corrected chi connectivity index (χ1v) is 11.1. The van der Waals surface area contributed by atoms with Crippen LogP contribution in [-0.4, -0.2) is 30.2 Å². The van der Waals surface area contributed by atoms with Gasteiger partial charge in [0.2, 0.25) is 0 Å². The molecule has 0 radical (unpaired) electrons. The summed E-state index contributed by atoms with van der Waals surface area (Å²) in [5, 5.41) is 11.4. The highest BCUT2D eigenvalue weighted by molar-refractivity contribution is 6.02. The first kappa shape index (κ1) is 20.2. The SMILES string of the molecule is Nc1ncnc2c1c(-c1ccc3ccn(-c4ccccc4)c(=O)c3c1)cn2C1CC(C(=O)O)C1. The lowest BCUT2D eigenvalue weighted by molar-refractivity contribution is -0.145. The van der Waals surface area contributed by atoms with Gasteiger partial charge in [-0.25, -0.2) is 9.97 Å². The molecule has 168 valence electrons. The monoisotopic (exact) mass is 451 g/mol. The molecule has 1 aliphatic carbocycles. The molecule has 3 aromatic heterocycles. The maximum absolute atomic E-state index is 13.4. The molecule has 1 fully saturated rings. The maximum Gasteiger partial charge on any atom is 0.306 e. The van der Waals surface area contributed by atoms with Crippen LogP contribution in [0.3, 0.4) is 0 Å². The predicted molar refractivity (Wildman–Crippen MR) is 130 cm³/mol. The van der Waals surface area contributed by atoms with Crippen LogP contribution >= 0.6 is 0 Å². The number of carboxylic acids is 1. The minimum Gasteiger partial charge on any atom is -0.481 e. The van der Waals surface area contributed by atoms with Gasteiger partial charge in [-0.3, -0.25) is 14.2 Å². The molecule has 1 saturated carbocycles. The molecule has 1 aliphatic rings. The summed E-state index contributed by atoms with van der Waals surface area (Å²) < 4.78 is 3.63. The number of pyridine rings is 1. The number of hydrogen-bond acceptors (Lipinski definition) is 5. The molecule has 0 unspecified atom stereocenters. The van der Waals surface area contributed by atoms with Crippen molar-refractivity contribution in [2.45, 2.75) is 18.9 Å². The van der Waals surface area contributed by atoms with Crippen LogP contribution in [-0.2, 0) is 4.79 Å². The van der Waals surface area contributed by atoms with Crippen LogP contribution in [0.5, 0.6) is 0 Å². The highest BCUT2D eigenvalue weighted by Gasteiger charge is 2.36. The molecule has 8 nitrogen and oxygen atoms in total. The van der Waals surface area contributed by atoms with Gasteiger partial charge in [0.15, 0.2) is 0 Å². The van der Waals surface area contributed by atoms with E-state index >= 15 is 0 Å². The summed E-state index contributed by atoms with van der Waals surface area (Å²) in [6.07, 6.45) is 6.25. The van der Waals surface area contributed by atoms with E-state index in [2.05, 4.69) is 9.97 Å². The largest absolute Gasteiger partial charge is 0.481 e. The van der Waals surface area contributed by atoms with Crippen molar-refractivity contribution >= 4 is 33.6 Å². The van der Waals surface area contributed by atoms with E-state index in [4.69, 9.17) is 5.73 Å². The molecular weight excluding hydrogens is 430 g/mol. The Bertz CT molecular complexity index is 1630. The second-order valence-electron chi connectivity index (χ2n) is 8.70. The van der Waals surface area contributed by atoms with Gasteiger partial charge in [0, 0.05) is 35.1 Å². The van der Waals surface area contributed by atoms with Crippen LogP contribution in [0.2, 0.25) is 0 Å². The lowest BCUT2D eigenvalue weighted by atomic mass is 9.80. The highest BCUT2D eigenvalue weighted by Crippen LogP contribution is 2.43. The van der Waals surface area contributed by atoms with E-state index < -0.39 is 5.97 Å². The summed E-state index contributed by atoms with van der Waals surface area (Å²) >= 11 is 0. The van der Waals surface area contributed by atoms with Gasteiger partial charge in [-0.05, 0) is 48.1 Å². The summed E-state index contributed by atoms with van der Waals surface area (Å²) in [6, 6.07) is 17.2. The number of para-hydroxylation sites is 1. The van der Waals surface area contributed by atoms with Crippen molar-refractivity contribution < 1.29 is 9.90 Å². The van der Waals surface area contributed by atoms with Gasteiger partial charge in [-0.1, -0.05) is 30.3 Å². The van der Waals surface area contributed by atoms with E-state index in [1.807, 2.05) is 65.4 Å². The second-order valence-corrected chi connectivity index (χ2v) is 8.70. The Balaban J connectivity index is 1.51. The number of anilines is 1. The van der Waals surface area contributed by atoms with Crippen LogP contribution in [0.25, 0.3) is 38.6 Å². The van der Waals surface area contributed by atoms with Gasteiger partial charge >= 0.3 is 5.97 Å². The van der Waals surface area contributed by atoms with Gasteiger partial charge in [0.05, 0.1) is 11.3 Å². The quantitative estimate of drug-likeness (QED) is 0.426. The molecule has 5 aromatic rings. The molecule has 0 amide bonds. The van der Waals surface area contributed by atoms with E-state index in [-0.39, 0.29) is 17.5 Å². The van der Waals surface area contributed by atoms with Crippen molar-refractivity contribution in [3.63, 3.8) is 0 Å². The lowest BCUT2D eigenvalue weighted by Crippen LogP contribution is -2.32. The third-order valence-electron chi connectivity index (χ3n) is 6.75. The number of hydrogen-bond donors (Lipinski definition) is 2. The zero-order chi connectivity index (χ0) is 23.4. The normalized spacial score (nSPS) is 17.6. The first-order chi connectivity index (χ1) is 16.5. The predicted octanol–water partition coefficient (Wildman–Crippen LogP) is 4.02.